The van der Waals surface area contributed by atoms with Crippen LogP contribution in [0.5, 0.6) is 5.75 Å². The molecule has 0 N–H and O–H groups in total. The minimum absolute atomic E-state index is 0.0371. The molecule has 150 valence electrons. The van der Waals surface area contributed by atoms with E-state index in [1.165, 1.54) is 11.1 Å². The van der Waals surface area contributed by atoms with E-state index in [4.69, 9.17) is 9.47 Å². The van der Waals surface area contributed by atoms with Gasteiger partial charge in [-0.3, -0.25) is 14.5 Å². The predicted octanol–water partition coefficient (Wildman–Crippen LogP) is 2.47. The van der Waals surface area contributed by atoms with Gasteiger partial charge < -0.3 is 9.47 Å². The first kappa shape index (κ1) is 18.8. The number of fused-ring (bicyclic) bond motifs is 1. The van der Waals surface area contributed by atoms with Gasteiger partial charge in [-0.25, -0.2) is 4.79 Å². The Kier molecular flexibility index (Phi) is 5.26. The summed E-state index contributed by atoms with van der Waals surface area (Å²) in [6.07, 6.45) is 2.71. The maximum Gasteiger partial charge on any atom is 0.410 e. The Bertz CT molecular complexity index is 833. The van der Waals surface area contributed by atoms with E-state index in [0.717, 1.165) is 44.0 Å². The molecular formula is C21H28N4O3. The molecule has 0 saturated carbocycles. The average molecular weight is 384 g/mol. The number of nitrogens with zero attached hydrogens (tertiary/aromatic N) is 4. The predicted molar refractivity (Wildman–Crippen MR) is 105 cm³/mol. The van der Waals surface area contributed by atoms with Crippen LogP contribution in [0.15, 0.2) is 30.5 Å². The van der Waals surface area contributed by atoms with Crippen molar-refractivity contribution < 1.29 is 14.3 Å². The Hall–Kier alpha value is -2.54. The van der Waals surface area contributed by atoms with Crippen molar-refractivity contribution in [2.45, 2.75) is 45.5 Å². The molecule has 0 aliphatic carbocycles. The van der Waals surface area contributed by atoms with Crippen LogP contribution < -0.4 is 4.74 Å². The molecule has 2 fully saturated rings. The maximum atomic E-state index is 12.3. The third-order valence-electron chi connectivity index (χ3n) is 5.77. The molecule has 1 aromatic heterocycles. The Labute approximate surface area is 165 Å². The summed E-state index contributed by atoms with van der Waals surface area (Å²) in [5.74, 6) is 0.845. The summed E-state index contributed by atoms with van der Waals surface area (Å²) in [7, 11) is 1.66. The molecule has 2 aliphatic rings. The first-order chi connectivity index (χ1) is 13.6. The number of ether oxygens (including phenoxy) is 2. The third-order valence-corrected chi connectivity index (χ3v) is 5.77. The Morgan fingerprint density at radius 3 is 2.71 bits per heavy atom. The second-order valence-electron chi connectivity index (χ2n) is 7.57. The third kappa shape index (κ3) is 3.71. The summed E-state index contributed by atoms with van der Waals surface area (Å²) in [6, 6.07) is 8.14. The first-order valence-electron chi connectivity index (χ1n) is 9.93. The van der Waals surface area contributed by atoms with Crippen LogP contribution in [-0.2, 0) is 24.2 Å². The highest BCUT2D eigenvalue weighted by Gasteiger charge is 2.47. The van der Waals surface area contributed by atoms with Gasteiger partial charge in [0.1, 0.15) is 11.9 Å². The Morgan fingerprint density at radius 1 is 1.25 bits per heavy atom. The fourth-order valence-electron chi connectivity index (χ4n) is 4.13. The number of carbonyl (C=O) groups excluding carboxylic acids is 1. The average Bonchev–Trinajstić information content (AvgIpc) is 3.33. The largest absolute Gasteiger partial charge is 0.497 e. The number of aromatic nitrogens is 2. The molecule has 7 nitrogen and oxygen atoms in total. The summed E-state index contributed by atoms with van der Waals surface area (Å²) < 4.78 is 12.8. The smallest absolute Gasteiger partial charge is 0.410 e. The van der Waals surface area contributed by atoms with Crippen LogP contribution in [0.3, 0.4) is 0 Å². The monoisotopic (exact) mass is 384 g/mol. The number of hydrogen-bond acceptors (Lipinski definition) is 5. The zero-order valence-electron chi connectivity index (χ0n) is 16.8. The Morgan fingerprint density at radius 2 is 2.04 bits per heavy atom. The van der Waals surface area contributed by atoms with E-state index in [1.807, 2.05) is 33.8 Å². The van der Waals surface area contributed by atoms with E-state index < -0.39 is 0 Å². The lowest BCUT2D eigenvalue weighted by Gasteiger charge is -2.22. The van der Waals surface area contributed by atoms with Crippen molar-refractivity contribution in [2.75, 3.05) is 26.7 Å². The molecule has 28 heavy (non-hydrogen) atoms. The Balaban J connectivity index is 1.36. The number of carbonyl (C=O) groups is 1. The van der Waals surface area contributed by atoms with Crippen LogP contribution in [0.2, 0.25) is 0 Å². The van der Waals surface area contributed by atoms with Crippen LogP contribution in [0.4, 0.5) is 4.79 Å². The van der Waals surface area contributed by atoms with Crippen molar-refractivity contribution in [1.82, 2.24) is 19.6 Å². The molecule has 2 aliphatic heterocycles. The summed E-state index contributed by atoms with van der Waals surface area (Å²) in [5.41, 5.74) is 3.51. The summed E-state index contributed by atoms with van der Waals surface area (Å²) >= 11 is 0. The quantitative estimate of drug-likeness (QED) is 0.734. The van der Waals surface area contributed by atoms with Crippen molar-refractivity contribution in [3.63, 3.8) is 0 Å². The van der Waals surface area contributed by atoms with Gasteiger partial charge in [-0.2, -0.15) is 5.10 Å². The molecule has 2 saturated heterocycles. The van der Waals surface area contributed by atoms with Crippen LogP contribution in [0, 0.1) is 6.92 Å². The van der Waals surface area contributed by atoms with Crippen molar-refractivity contribution in [1.29, 1.82) is 0 Å². The minimum atomic E-state index is -0.182. The number of rotatable bonds is 7. The van der Waals surface area contributed by atoms with Gasteiger partial charge in [0.05, 0.1) is 18.8 Å². The van der Waals surface area contributed by atoms with E-state index in [-0.39, 0.29) is 18.2 Å². The van der Waals surface area contributed by atoms with Gasteiger partial charge in [-0.05, 0) is 38.0 Å². The minimum Gasteiger partial charge on any atom is -0.497 e. The number of amides is 1. The SMILES string of the molecule is CCn1cc(CN2C[C@@H]3OC(=O)N(CCc4ccc(OC)cc4)[C@@H]3C2)c(C)n1. The fourth-order valence-corrected chi connectivity index (χ4v) is 4.13. The number of hydrogen-bond donors (Lipinski definition) is 0. The highest BCUT2D eigenvalue weighted by molar-refractivity contribution is 5.71. The summed E-state index contributed by atoms with van der Waals surface area (Å²) in [5, 5.41) is 4.53. The van der Waals surface area contributed by atoms with Gasteiger partial charge in [-0.1, -0.05) is 12.1 Å². The van der Waals surface area contributed by atoms with Crippen molar-refractivity contribution >= 4 is 6.09 Å². The number of benzene rings is 1. The molecule has 0 bridgehead atoms. The molecule has 0 spiro atoms. The molecular weight excluding hydrogens is 356 g/mol. The topological polar surface area (TPSA) is 59.8 Å². The molecule has 4 rings (SSSR count). The lowest BCUT2D eigenvalue weighted by atomic mass is 10.1. The fraction of sp³-hybridized carbons (Fsp3) is 0.524. The second-order valence-corrected chi connectivity index (χ2v) is 7.57. The van der Waals surface area contributed by atoms with Gasteiger partial charge >= 0.3 is 6.09 Å². The lowest BCUT2D eigenvalue weighted by molar-refractivity contribution is 0.120. The van der Waals surface area contributed by atoms with Gasteiger partial charge in [0.2, 0.25) is 0 Å². The van der Waals surface area contributed by atoms with Gasteiger partial charge in [-0.15, -0.1) is 0 Å². The van der Waals surface area contributed by atoms with Gasteiger partial charge in [0.25, 0.3) is 0 Å². The highest BCUT2D eigenvalue weighted by atomic mass is 16.6. The van der Waals surface area contributed by atoms with Gasteiger partial charge in [0, 0.05) is 44.5 Å². The molecule has 7 heteroatoms. The summed E-state index contributed by atoms with van der Waals surface area (Å²) in [6.45, 7) is 8.18. The molecule has 0 unspecified atom stereocenters. The highest BCUT2D eigenvalue weighted by Crippen LogP contribution is 2.28. The molecule has 1 aromatic carbocycles. The van der Waals surface area contributed by atoms with E-state index >= 15 is 0 Å². The van der Waals surface area contributed by atoms with Crippen molar-refractivity contribution in [3.05, 3.63) is 47.3 Å². The lowest BCUT2D eigenvalue weighted by Crippen LogP contribution is -2.39. The first-order valence-corrected chi connectivity index (χ1v) is 9.93. The number of aryl methyl sites for hydroxylation is 2. The van der Waals surface area contributed by atoms with Crippen LogP contribution in [-0.4, -0.2) is 64.6 Å². The van der Waals surface area contributed by atoms with Gasteiger partial charge in [0.15, 0.2) is 0 Å². The maximum absolute atomic E-state index is 12.3. The number of methoxy groups -OCH3 is 1. The molecule has 2 atom stereocenters. The van der Waals surface area contributed by atoms with E-state index in [1.54, 1.807) is 7.11 Å². The van der Waals surface area contributed by atoms with Crippen molar-refractivity contribution in [3.8, 4) is 5.75 Å². The normalized spacial score (nSPS) is 21.8. The van der Waals surface area contributed by atoms with E-state index in [0.29, 0.717) is 6.54 Å². The number of likely N-dealkylation sites (tertiary alicyclic amines) is 1. The zero-order chi connectivity index (χ0) is 19.7. The zero-order valence-corrected chi connectivity index (χ0v) is 16.8. The van der Waals surface area contributed by atoms with Crippen LogP contribution >= 0.6 is 0 Å². The molecule has 2 aromatic rings. The van der Waals surface area contributed by atoms with E-state index in [2.05, 4.69) is 30.0 Å². The molecule has 3 heterocycles. The van der Waals surface area contributed by atoms with Crippen molar-refractivity contribution in [2.24, 2.45) is 0 Å². The molecule has 0 radical (unpaired) electrons. The second kappa shape index (κ2) is 7.83. The standard InChI is InChI=1S/C21H28N4O3/c1-4-24-12-17(15(2)22-24)11-23-13-19-20(14-23)28-21(26)25(19)10-9-16-5-7-18(27-3)8-6-16/h5-8,12,19-20H,4,9-11,13-14H2,1-3H3/t19-,20+/m1/s1. The summed E-state index contributed by atoms with van der Waals surface area (Å²) in [4.78, 5) is 16.6. The van der Waals surface area contributed by atoms with Crippen LogP contribution in [0.1, 0.15) is 23.7 Å². The van der Waals surface area contributed by atoms with E-state index in [9.17, 15) is 4.79 Å². The van der Waals surface area contributed by atoms with Crippen LogP contribution in [0.25, 0.3) is 0 Å². The molecule has 1 amide bonds.